The second-order valence-corrected chi connectivity index (χ2v) is 27.2. The van der Waals surface area contributed by atoms with E-state index in [1.54, 1.807) is 19.1 Å². The van der Waals surface area contributed by atoms with Crippen molar-refractivity contribution in [3.63, 3.8) is 0 Å². The van der Waals surface area contributed by atoms with Crippen molar-refractivity contribution in [1.82, 2.24) is 29.9 Å². The van der Waals surface area contributed by atoms with Gasteiger partial charge in [-0.15, -0.1) is 0 Å². The highest BCUT2D eigenvalue weighted by Crippen LogP contribution is 2.36. The summed E-state index contributed by atoms with van der Waals surface area (Å²) in [5.41, 5.74) is 17.2. The quantitative estimate of drug-likeness (QED) is 0.0381. The summed E-state index contributed by atoms with van der Waals surface area (Å²) in [5, 5.41) is 46.1. The van der Waals surface area contributed by atoms with E-state index in [-0.39, 0.29) is 27.8 Å². The van der Waals surface area contributed by atoms with Gasteiger partial charge < -0.3 is 70.8 Å². The molecule has 108 heavy (non-hydrogen) atoms. The number of nitrogens with zero attached hydrogens (tertiary/aromatic N) is 6. The zero-order valence-electron chi connectivity index (χ0n) is 60.6. The maximum absolute atomic E-state index is 14.7. The number of pyridine rings is 6. The van der Waals surface area contributed by atoms with Gasteiger partial charge >= 0.3 is 23.9 Å². The number of carboxylic acid groups (broad SMARTS) is 4. The lowest BCUT2D eigenvalue weighted by atomic mass is 10.00. The number of carboxylic acids is 4. The first-order valence-corrected chi connectivity index (χ1v) is 36.4. The molecule has 11 N–H and O–H groups in total. The number of rotatable bonds is 18. The average molecular weight is 1470 g/mol. The van der Waals surface area contributed by atoms with Gasteiger partial charge in [-0.1, -0.05) is 70.2 Å². The van der Waals surface area contributed by atoms with Crippen LogP contribution in [0, 0.1) is 5.82 Å². The van der Waals surface area contributed by atoms with Crippen LogP contribution in [0.1, 0.15) is 147 Å². The number of benzene rings is 4. The van der Waals surface area contributed by atoms with Crippen LogP contribution in [0.2, 0.25) is 0 Å². The Morgan fingerprint density at radius 3 is 1.19 bits per heavy atom. The van der Waals surface area contributed by atoms with E-state index in [1.807, 2.05) is 105 Å². The Balaban J connectivity index is 0.000000144. The standard InChI is InChI=1S/2C23H23N3O3.C19H23N3O3.C18H19FN2O4/c1-2-15-13-20(23(28)29)22(27)25-21(15)17-3-5-19(6-4-17)26-12-9-18(14-26)16-7-10-24-11-8-16;1-2-15-13-19(23(28)29)22(27)25-21(15)16-6-8-18(9-7-16)26-12-10-17(14-26)20-5-3-4-11-24-20;1-2-12-11-16(19(24)25)18(23)21-17(12)13-3-5-15(6-4-13)22-9-7-14(20)8-10-22;1-2-10-7-14(18(24)25)17(23)20-16(10)13-4-3-11(8-15(13)19)21-6-5-12(22)9-21/h3-8,10-11,13,18H,2,9,12,14H2,1H3,(H,25,27)(H,28,29);3-9,11,13,17H,2,10,12,14H2,1H3,(H,25,27)(H,28,29);3-6,11,14H,2,7-10,20H2,1H3,(H,21,23)(H,24,25);3-4,7-8,12,22H,2,5-6,9H2,1H3,(H,20,23)(H,24,25)/t;;;12-/m...0/s1. The zero-order valence-corrected chi connectivity index (χ0v) is 60.6. The van der Waals surface area contributed by atoms with Crippen molar-refractivity contribution in [3.05, 3.63) is 267 Å². The van der Waals surface area contributed by atoms with Gasteiger partial charge in [-0.3, -0.25) is 29.1 Å². The average Bonchev–Trinajstić information content (AvgIpc) is 0.828. The Bertz CT molecular complexity index is 4950. The Morgan fingerprint density at radius 1 is 0.435 bits per heavy atom. The molecule has 560 valence electrons. The molecule has 4 fully saturated rings. The van der Waals surface area contributed by atoms with Crippen LogP contribution in [-0.2, 0) is 25.7 Å². The molecule has 0 amide bonds. The summed E-state index contributed by atoms with van der Waals surface area (Å²) in [6.45, 7) is 14.5. The predicted molar refractivity (Wildman–Crippen MR) is 415 cm³/mol. The Kier molecular flexibility index (Phi) is 24.9. The number of hydrogen-bond acceptors (Lipinski definition) is 16. The van der Waals surface area contributed by atoms with Gasteiger partial charge in [0.1, 0.15) is 28.1 Å². The van der Waals surface area contributed by atoms with E-state index in [4.69, 9.17) is 15.9 Å². The molecule has 4 aliphatic heterocycles. The monoisotopic (exact) mass is 1470 g/mol. The van der Waals surface area contributed by atoms with Crippen molar-refractivity contribution in [2.45, 2.75) is 109 Å². The molecule has 10 aromatic rings. The third-order valence-corrected chi connectivity index (χ3v) is 20.5. The lowest BCUT2D eigenvalue weighted by Crippen LogP contribution is -2.39. The first-order chi connectivity index (χ1) is 52.0. The number of nitrogens with one attached hydrogen (secondary N) is 4. The molecule has 0 bridgehead atoms. The summed E-state index contributed by atoms with van der Waals surface area (Å²) in [5.74, 6) is -4.51. The number of β-amino-alcohol motifs (C(OH)–C–C–N with tert-alkyl or cyclic N) is 1. The number of hydrogen-bond donors (Lipinski definition) is 10. The van der Waals surface area contributed by atoms with Crippen LogP contribution in [0.5, 0.6) is 0 Å². The molecule has 3 atom stereocenters. The lowest BCUT2D eigenvalue weighted by Gasteiger charge is -2.32. The molecule has 0 aliphatic carbocycles. The van der Waals surface area contributed by atoms with Gasteiger partial charge in [0, 0.05) is 123 Å². The van der Waals surface area contributed by atoms with Gasteiger partial charge in [0.15, 0.2) is 0 Å². The summed E-state index contributed by atoms with van der Waals surface area (Å²) in [6.07, 6.45) is 12.3. The SMILES string of the molecule is CCc1cc(C(=O)O)c(=O)[nH]c1-c1ccc(N2CCC(N)CC2)cc1.CCc1cc(C(=O)O)c(=O)[nH]c1-c1ccc(N2CCC(c3ccccn3)C2)cc1.CCc1cc(C(=O)O)c(=O)[nH]c1-c1ccc(N2CCC(c3ccncc3)C2)cc1.CCc1cc(C(=O)O)c(=O)[nH]c1-c1ccc(N2CC[C@H](O)C2)cc1F. The minimum Gasteiger partial charge on any atom is -0.477 e. The summed E-state index contributed by atoms with van der Waals surface area (Å²) < 4.78 is 14.7. The van der Waals surface area contributed by atoms with E-state index in [1.165, 1.54) is 35.9 Å². The third kappa shape index (κ3) is 18.1. The molecule has 4 aromatic carbocycles. The number of aryl methyl sites for hydroxylation is 4. The molecule has 10 heterocycles. The number of carbonyl (C=O) groups is 4. The number of aliphatic hydroxyl groups is 1. The van der Waals surface area contributed by atoms with E-state index in [0.29, 0.717) is 97.1 Å². The molecule has 2 unspecified atom stereocenters. The van der Waals surface area contributed by atoms with Crippen LogP contribution in [0.15, 0.2) is 183 Å². The highest BCUT2D eigenvalue weighted by molar-refractivity contribution is 5.90. The Morgan fingerprint density at radius 2 is 0.806 bits per heavy atom. The fraction of sp³-hybridized carbons (Fsp3) is 0.301. The van der Waals surface area contributed by atoms with Crippen molar-refractivity contribution >= 4 is 46.6 Å². The van der Waals surface area contributed by atoms with Crippen molar-refractivity contribution in [3.8, 4) is 45.0 Å². The van der Waals surface area contributed by atoms with Gasteiger partial charge in [0.25, 0.3) is 22.2 Å². The maximum atomic E-state index is 14.7. The first kappa shape index (κ1) is 77.0. The molecule has 0 saturated carbocycles. The van der Waals surface area contributed by atoms with Crippen molar-refractivity contribution < 1.29 is 49.1 Å². The Labute approximate surface area is 622 Å². The summed E-state index contributed by atoms with van der Waals surface area (Å²) in [6, 6.07) is 45.1. The maximum Gasteiger partial charge on any atom is 0.341 e. The fourth-order valence-corrected chi connectivity index (χ4v) is 14.4. The first-order valence-electron chi connectivity index (χ1n) is 36.4. The largest absolute Gasteiger partial charge is 0.477 e. The van der Waals surface area contributed by atoms with E-state index in [9.17, 15) is 58.1 Å². The predicted octanol–water partition coefficient (Wildman–Crippen LogP) is 11.6. The minimum absolute atomic E-state index is 0.217. The second kappa shape index (κ2) is 34.9. The Hall–Kier alpha value is -12.1. The molecule has 0 radical (unpaired) electrons. The molecule has 6 aromatic heterocycles. The van der Waals surface area contributed by atoms with Gasteiger partial charge in [-0.05, 0) is 205 Å². The van der Waals surface area contributed by atoms with Crippen LogP contribution in [0.4, 0.5) is 27.1 Å². The molecule has 24 nitrogen and oxygen atoms in total. The number of aliphatic hydroxyl groups excluding tert-OH is 1. The lowest BCUT2D eigenvalue weighted by molar-refractivity contribution is 0.0684. The van der Waals surface area contributed by atoms with E-state index in [2.05, 4.69) is 87.1 Å². The molecule has 4 saturated heterocycles. The number of nitrogens with two attached hydrogens (primary N) is 1. The molecular formula is C83H88FN11O13. The third-order valence-electron chi connectivity index (χ3n) is 20.5. The number of aromatic carboxylic acids is 4. The molecule has 25 heteroatoms. The molecule has 4 aliphatic rings. The van der Waals surface area contributed by atoms with E-state index in [0.717, 1.165) is 121 Å². The van der Waals surface area contributed by atoms with Crippen LogP contribution < -0.4 is 47.6 Å². The van der Waals surface area contributed by atoms with E-state index < -0.39 is 58.0 Å². The number of piperidine rings is 1. The van der Waals surface area contributed by atoms with E-state index >= 15 is 0 Å². The fourth-order valence-electron chi connectivity index (χ4n) is 14.4. The topological polar surface area (TPSA) is 366 Å². The van der Waals surface area contributed by atoms with Gasteiger partial charge in [-0.2, -0.15) is 0 Å². The van der Waals surface area contributed by atoms with Crippen molar-refractivity contribution in [2.24, 2.45) is 5.73 Å². The minimum atomic E-state index is -1.31. The van der Waals surface area contributed by atoms with Gasteiger partial charge in [0.2, 0.25) is 0 Å². The number of anilines is 4. The van der Waals surface area contributed by atoms with Gasteiger partial charge in [0.05, 0.1) is 28.9 Å². The summed E-state index contributed by atoms with van der Waals surface area (Å²) in [7, 11) is 0. The number of aromatic amines is 4. The van der Waals surface area contributed by atoms with Crippen LogP contribution in [-0.4, -0.2) is 144 Å². The highest BCUT2D eigenvalue weighted by Gasteiger charge is 2.28. The van der Waals surface area contributed by atoms with Crippen molar-refractivity contribution in [1.29, 1.82) is 0 Å². The highest BCUT2D eigenvalue weighted by atomic mass is 19.1. The number of aromatic nitrogens is 6. The number of H-pyrrole nitrogens is 4. The van der Waals surface area contributed by atoms with Crippen LogP contribution >= 0.6 is 0 Å². The molecular weight excluding hydrogens is 1380 g/mol. The van der Waals surface area contributed by atoms with Crippen molar-refractivity contribution in [2.75, 3.05) is 72.0 Å². The van der Waals surface area contributed by atoms with Gasteiger partial charge in [-0.25, -0.2) is 23.6 Å². The summed E-state index contributed by atoms with van der Waals surface area (Å²) >= 11 is 0. The van der Waals surface area contributed by atoms with Crippen LogP contribution in [0.25, 0.3) is 45.0 Å². The smallest absolute Gasteiger partial charge is 0.341 e. The zero-order chi connectivity index (χ0) is 76.9. The molecule has 0 spiro atoms. The number of halogens is 1. The second-order valence-electron chi connectivity index (χ2n) is 27.2. The summed E-state index contributed by atoms with van der Waals surface area (Å²) in [4.78, 5) is 121. The molecule has 14 rings (SSSR count). The van der Waals surface area contributed by atoms with Crippen LogP contribution in [0.3, 0.4) is 0 Å². The normalized spacial score (nSPS) is 16.2.